The van der Waals surface area contributed by atoms with Crippen LogP contribution in [0.2, 0.25) is 0 Å². The number of rotatable bonds is 14. The molecule has 34 heavy (non-hydrogen) atoms. The third kappa shape index (κ3) is 7.49. The van der Waals surface area contributed by atoms with Gasteiger partial charge in [0.2, 0.25) is 0 Å². The quantitative estimate of drug-likeness (QED) is 0.223. The molecule has 0 saturated carbocycles. The monoisotopic (exact) mass is 477 g/mol. The van der Waals surface area contributed by atoms with Gasteiger partial charge in [0.1, 0.15) is 18.1 Å². The minimum Gasteiger partial charge on any atom is -0.497 e. The summed E-state index contributed by atoms with van der Waals surface area (Å²) in [6, 6.07) is 18.3. The van der Waals surface area contributed by atoms with Gasteiger partial charge < -0.3 is 14.4 Å². The summed E-state index contributed by atoms with van der Waals surface area (Å²) in [5.74, 6) is 1.69. The van der Waals surface area contributed by atoms with E-state index in [2.05, 4.69) is 43.0 Å². The van der Waals surface area contributed by atoms with Crippen molar-refractivity contribution >= 4 is 35.5 Å². The first-order chi connectivity index (χ1) is 16.7. The van der Waals surface area contributed by atoms with Crippen LogP contribution in [0.1, 0.15) is 65.2 Å². The Bertz CT molecular complexity index is 1050. The molecule has 0 amide bonds. The van der Waals surface area contributed by atoms with E-state index in [1.54, 1.807) is 7.11 Å². The minimum atomic E-state index is 0.479. The summed E-state index contributed by atoms with van der Waals surface area (Å²) >= 11 is 1.48. The van der Waals surface area contributed by atoms with Crippen molar-refractivity contribution in [2.24, 2.45) is 0 Å². The van der Waals surface area contributed by atoms with E-state index in [0.717, 1.165) is 51.8 Å². The molecule has 0 aliphatic rings. The number of hydrogen-bond acceptors (Lipinski definition) is 5. The number of methoxy groups -OCH3 is 1. The summed E-state index contributed by atoms with van der Waals surface area (Å²) in [4.78, 5) is 15.3. The Balaban J connectivity index is 1.86. The molecule has 0 saturated heterocycles. The van der Waals surface area contributed by atoms with Crippen LogP contribution in [0, 0.1) is 0 Å². The average molecular weight is 478 g/mol. The maximum atomic E-state index is 11.0. The molecule has 0 atom stereocenters. The summed E-state index contributed by atoms with van der Waals surface area (Å²) in [6.07, 6.45) is 9.69. The van der Waals surface area contributed by atoms with Crippen LogP contribution in [0.4, 0.5) is 5.69 Å². The molecule has 0 bridgehead atoms. The molecule has 0 aliphatic carbocycles. The van der Waals surface area contributed by atoms with Gasteiger partial charge in [0.05, 0.1) is 12.0 Å². The van der Waals surface area contributed by atoms with Gasteiger partial charge in [-0.25, -0.2) is 0 Å². The van der Waals surface area contributed by atoms with E-state index in [1.807, 2.05) is 42.5 Å². The smallest absolute Gasteiger partial charge is 0.160 e. The molecule has 5 heteroatoms. The first kappa shape index (κ1) is 25.6. The molecule has 1 aromatic heterocycles. The van der Waals surface area contributed by atoms with Crippen LogP contribution in [-0.2, 0) is 6.61 Å². The maximum Gasteiger partial charge on any atom is 0.160 e. The topological polar surface area (TPSA) is 38.8 Å². The van der Waals surface area contributed by atoms with Crippen LogP contribution in [0.25, 0.3) is 12.2 Å². The molecule has 0 spiro atoms. The van der Waals surface area contributed by atoms with Gasteiger partial charge in [-0.15, -0.1) is 11.3 Å². The van der Waals surface area contributed by atoms with Crippen molar-refractivity contribution in [3.8, 4) is 11.5 Å². The molecular weight excluding hydrogens is 442 g/mol. The van der Waals surface area contributed by atoms with E-state index in [9.17, 15) is 4.79 Å². The average Bonchev–Trinajstić information content (AvgIpc) is 3.35. The first-order valence-corrected chi connectivity index (χ1v) is 12.9. The van der Waals surface area contributed by atoms with Crippen molar-refractivity contribution in [1.82, 2.24) is 0 Å². The van der Waals surface area contributed by atoms with Crippen LogP contribution in [0.15, 0.2) is 54.6 Å². The van der Waals surface area contributed by atoms with Crippen molar-refractivity contribution in [1.29, 1.82) is 0 Å². The molecule has 0 aliphatic heterocycles. The molecule has 0 N–H and O–H groups in total. The molecule has 180 valence electrons. The van der Waals surface area contributed by atoms with E-state index < -0.39 is 0 Å². The van der Waals surface area contributed by atoms with Crippen molar-refractivity contribution in [2.75, 3.05) is 25.1 Å². The van der Waals surface area contributed by atoms with Crippen molar-refractivity contribution in [3.05, 3.63) is 75.5 Å². The van der Waals surface area contributed by atoms with Crippen LogP contribution in [0.3, 0.4) is 0 Å². The van der Waals surface area contributed by atoms with Gasteiger partial charge in [-0.1, -0.05) is 38.8 Å². The number of hydrogen-bond donors (Lipinski definition) is 0. The predicted molar refractivity (Wildman–Crippen MR) is 144 cm³/mol. The number of aldehydes is 1. The molecule has 0 radical (unpaired) electrons. The number of carbonyl (C=O) groups is 1. The highest BCUT2D eigenvalue weighted by Crippen LogP contribution is 2.30. The third-order valence-electron chi connectivity index (χ3n) is 5.67. The molecule has 1 heterocycles. The fourth-order valence-corrected chi connectivity index (χ4v) is 4.35. The van der Waals surface area contributed by atoms with E-state index in [0.29, 0.717) is 6.61 Å². The number of carbonyl (C=O) groups excluding carboxylic acids is 1. The Morgan fingerprint density at radius 2 is 1.59 bits per heavy atom. The van der Waals surface area contributed by atoms with E-state index in [4.69, 9.17) is 9.47 Å². The van der Waals surface area contributed by atoms with Gasteiger partial charge in [-0.05, 0) is 67.0 Å². The molecule has 3 aromatic rings. The summed E-state index contributed by atoms with van der Waals surface area (Å²) in [5.41, 5.74) is 3.30. The van der Waals surface area contributed by atoms with E-state index >= 15 is 0 Å². The normalized spacial score (nSPS) is 11.0. The second-order valence-electron chi connectivity index (χ2n) is 8.24. The number of thiophene rings is 1. The number of anilines is 1. The molecule has 0 unspecified atom stereocenters. The van der Waals surface area contributed by atoms with Gasteiger partial charge in [0.25, 0.3) is 0 Å². The fraction of sp³-hybridized carbons (Fsp3) is 0.345. The lowest BCUT2D eigenvalue weighted by Crippen LogP contribution is -2.25. The number of unbranched alkanes of at least 4 members (excludes halogenated alkanes) is 2. The predicted octanol–water partition coefficient (Wildman–Crippen LogP) is 7.73. The van der Waals surface area contributed by atoms with Crippen molar-refractivity contribution < 1.29 is 14.3 Å². The highest BCUT2D eigenvalue weighted by molar-refractivity contribution is 7.14. The summed E-state index contributed by atoms with van der Waals surface area (Å²) in [6.45, 7) is 7.04. The highest BCUT2D eigenvalue weighted by atomic mass is 32.1. The van der Waals surface area contributed by atoms with E-state index in [1.165, 1.54) is 42.7 Å². The highest BCUT2D eigenvalue weighted by Gasteiger charge is 2.10. The van der Waals surface area contributed by atoms with Crippen LogP contribution in [0.5, 0.6) is 11.5 Å². The van der Waals surface area contributed by atoms with Gasteiger partial charge in [0.15, 0.2) is 6.29 Å². The maximum absolute atomic E-state index is 11.0. The van der Waals surface area contributed by atoms with Gasteiger partial charge >= 0.3 is 0 Å². The standard InChI is InChI=1S/C29H35NO3S/c1-4-6-18-30(19-7-5-2)25-12-10-24(11-15-27-16-17-28(21-31)34-27)29(20-25)33-22-23-8-13-26(32-3)14-9-23/h8-17,20-21H,4-7,18-19,22H2,1-3H3. The summed E-state index contributed by atoms with van der Waals surface area (Å²) in [5, 5.41) is 0. The lowest BCUT2D eigenvalue weighted by molar-refractivity contribution is 0.112. The Kier molecular flexibility index (Phi) is 10.2. The molecular formula is C29H35NO3S. The zero-order valence-corrected chi connectivity index (χ0v) is 21.3. The Morgan fingerprint density at radius 1 is 0.882 bits per heavy atom. The first-order valence-electron chi connectivity index (χ1n) is 12.0. The minimum absolute atomic E-state index is 0.479. The van der Waals surface area contributed by atoms with Crippen molar-refractivity contribution in [3.63, 3.8) is 0 Å². The fourth-order valence-electron chi connectivity index (χ4n) is 3.63. The number of nitrogens with zero attached hydrogens (tertiary/aromatic N) is 1. The molecule has 4 nitrogen and oxygen atoms in total. The zero-order chi connectivity index (χ0) is 24.2. The SMILES string of the molecule is CCCCN(CCCC)c1ccc(C=Cc2ccc(C=O)s2)c(OCc2ccc(OC)cc2)c1. The van der Waals surface area contributed by atoms with Crippen molar-refractivity contribution in [2.45, 2.75) is 46.1 Å². The van der Waals surface area contributed by atoms with E-state index in [-0.39, 0.29) is 0 Å². The molecule has 3 rings (SSSR count). The number of benzene rings is 2. The molecule has 0 fully saturated rings. The summed E-state index contributed by atoms with van der Waals surface area (Å²) < 4.78 is 11.6. The Morgan fingerprint density at radius 3 is 2.21 bits per heavy atom. The van der Waals surface area contributed by atoms with Crippen LogP contribution in [-0.4, -0.2) is 26.5 Å². The Labute approximate surface area is 207 Å². The van der Waals surface area contributed by atoms with Gasteiger partial charge in [-0.3, -0.25) is 4.79 Å². The van der Waals surface area contributed by atoms with Crippen LogP contribution < -0.4 is 14.4 Å². The molecule has 2 aromatic carbocycles. The summed E-state index contributed by atoms with van der Waals surface area (Å²) in [7, 11) is 1.67. The number of ether oxygens (including phenoxy) is 2. The lowest BCUT2D eigenvalue weighted by Gasteiger charge is -2.25. The van der Waals surface area contributed by atoms with Gasteiger partial charge in [-0.2, -0.15) is 0 Å². The second-order valence-corrected chi connectivity index (χ2v) is 9.39. The Hall–Kier alpha value is -3.05. The largest absolute Gasteiger partial charge is 0.497 e. The zero-order valence-electron chi connectivity index (χ0n) is 20.5. The van der Waals surface area contributed by atoms with Crippen LogP contribution >= 0.6 is 11.3 Å². The third-order valence-corrected chi connectivity index (χ3v) is 6.65. The second kappa shape index (κ2) is 13.6. The van der Waals surface area contributed by atoms with Gasteiger partial charge in [0, 0.05) is 35.3 Å². The lowest BCUT2D eigenvalue weighted by atomic mass is 10.1.